The van der Waals surface area contributed by atoms with Crippen LogP contribution in [0.25, 0.3) is 0 Å². The number of imidazole rings is 1. The Morgan fingerprint density at radius 1 is 1.09 bits per heavy atom. The maximum absolute atomic E-state index is 5.43. The van der Waals surface area contributed by atoms with Gasteiger partial charge in [0.05, 0.1) is 27.7 Å². The van der Waals surface area contributed by atoms with Gasteiger partial charge in [0.15, 0.2) is 11.5 Å². The molecular formula is C16H23N3O3. The Bertz CT molecular complexity index is 585. The molecule has 0 spiro atoms. The van der Waals surface area contributed by atoms with Crippen LogP contribution in [0.5, 0.6) is 17.2 Å². The SMILES string of the molecule is COc1cc(OC)c(OC)cc1CNC(C)Cn1ccnc1. The van der Waals surface area contributed by atoms with Crippen LogP contribution >= 0.6 is 0 Å². The number of aromatic nitrogens is 2. The van der Waals surface area contributed by atoms with Gasteiger partial charge in [0, 0.05) is 43.2 Å². The molecule has 1 aromatic carbocycles. The zero-order valence-corrected chi connectivity index (χ0v) is 13.5. The summed E-state index contributed by atoms with van der Waals surface area (Å²) in [7, 11) is 4.89. The maximum atomic E-state index is 5.43. The van der Waals surface area contributed by atoms with Crippen LogP contribution in [0.3, 0.4) is 0 Å². The molecule has 22 heavy (non-hydrogen) atoms. The van der Waals surface area contributed by atoms with Gasteiger partial charge in [0.2, 0.25) is 0 Å². The molecule has 0 bridgehead atoms. The van der Waals surface area contributed by atoms with E-state index in [1.165, 1.54) is 0 Å². The first-order valence-corrected chi connectivity index (χ1v) is 7.16. The van der Waals surface area contributed by atoms with E-state index in [0.29, 0.717) is 24.1 Å². The summed E-state index contributed by atoms with van der Waals surface area (Å²) in [5, 5.41) is 3.48. The zero-order valence-electron chi connectivity index (χ0n) is 13.5. The molecule has 0 radical (unpaired) electrons. The quantitative estimate of drug-likeness (QED) is 0.809. The molecule has 1 atom stereocenters. The lowest BCUT2D eigenvalue weighted by Crippen LogP contribution is -2.29. The Morgan fingerprint density at radius 2 is 1.77 bits per heavy atom. The molecule has 0 amide bonds. The van der Waals surface area contributed by atoms with E-state index in [1.54, 1.807) is 27.5 Å². The van der Waals surface area contributed by atoms with E-state index >= 15 is 0 Å². The predicted molar refractivity (Wildman–Crippen MR) is 84.6 cm³/mol. The Kier molecular flexibility index (Phi) is 5.66. The minimum atomic E-state index is 0.298. The number of ether oxygens (including phenoxy) is 3. The number of methoxy groups -OCH3 is 3. The first-order valence-electron chi connectivity index (χ1n) is 7.16. The first-order chi connectivity index (χ1) is 10.7. The average Bonchev–Trinajstić information content (AvgIpc) is 3.04. The summed E-state index contributed by atoms with van der Waals surface area (Å²) >= 11 is 0. The molecule has 0 aliphatic carbocycles. The van der Waals surface area contributed by atoms with Crippen molar-refractivity contribution in [2.45, 2.75) is 26.1 Å². The number of benzene rings is 1. The maximum Gasteiger partial charge on any atom is 0.164 e. The molecule has 0 aliphatic heterocycles. The molecule has 6 nitrogen and oxygen atoms in total. The highest BCUT2D eigenvalue weighted by atomic mass is 16.5. The van der Waals surface area contributed by atoms with Crippen LogP contribution in [0.4, 0.5) is 0 Å². The van der Waals surface area contributed by atoms with Gasteiger partial charge < -0.3 is 24.1 Å². The summed E-state index contributed by atoms with van der Waals surface area (Å²) in [6.07, 6.45) is 5.55. The van der Waals surface area contributed by atoms with E-state index in [4.69, 9.17) is 14.2 Å². The Morgan fingerprint density at radius 3 is 2.36 bits per heavy atom. The monoisotopic (exact) mass is 305 g/mol. The van der Waals surface area contributed by atoms with Crippen molar-refractivity contribution in [1.82, 2.24) is 14.9 Å². The summed E-state index contributed by atoms with van der Waals surface area (Å²) in [5.41, 5.74) is 1.03. The fourth-order valence-corrected chi connectivity index (χ4v) is 2.29. The molecule has 1 unspecified atom stereocenters. The van der Waals surface area contributed by atoms with Crippen molar-refractivity contribution in [1.29, 1.82) is 0 Å². The second-order valence-corrected chi connectivity index (χ2v) is 5.06. The second-order valence-electron chi connectivity index (χ2n) is 5.06. The summed E-state index contributed by atoms with van der Waals surface area (Å²) in [6, 6.07) is 4.08. The minimum Gasteiger partial charge on any atom is -0.496 e. The Balaban J connectivity index is 2.04. The van der Waals surface area contributed by atoms with E-state index in [0.717, 1.165) is 17.9 Å². The van der Waals surface area contributed by atoms with Crippen molar-refractivity contribution in [3.63, 3.8) is 0 Å². The second kappa shape index (κ2) is 7.70. The van der Waals surface area contributed by atoms with Crippen LogP contribution < -0.4 is 19.5 Å². The van der Waals surface area contributed by atoms with Crippen LogP contribution in [0.1, 0.15) is 12.5 Å². The van der Waals surface area contributed by atoms with Gasteiger partial charge in [-0.05, 0) is 13.0 Å². The van der Waals surface area contributed by atoms with Crippen molar-refractivity contribution in [3.8, 4) is 17.2 Å². The fraction of sp³-hybridized carbons (Fsp3) is 0.438. The number of rotatable bonds is 8. The Hall–Kier alpha value is -2.21. The zero-order chi connectivity index (χ0) is 15.9. The third-order valence-corrected chi connectivity index (χ3v) is 3.47. The van der Waals surface area contributed by atoms with E-state index in [9.17, 15) is 0 Å². The van der Waals surface area contributed by atoms with E-state index in [2.05, 4.69) is 17.2 Å². The topological polar surface area (TPSA) is 57.5 Å². The van der Waals surface area contributed by atoms with Crippen molar-refractivity contribution < 1.29 is 14.2 Å². The van der Waals surface area contributed by atoms with Crippen LogP contribution in [-0.2, 0) is 13.1 Å². The number of nitrogens with zero attached hydrogens (tertiary/aromatic N) is 2. The number of hydrogen-bond acceptors (Lipinski definition) is 5. The lowest BCUT2D eigenvalue weighted by Gasteiger charge is -2.17. The highest BCUT2D eigenvalue weighted by molar-refractivity contribution is 5.50. The molecule has 0 saturated carbocycles. The van der Waals surface area contributed by atoms with Crippen LogP contribution in [-0.4, -0.2) is 36.9 Å². The third-order valence-electron chi connectivity index (χ3n) is 3.47. The lowest BCUT2D eigenvalue weighted by atomic mass is 10.1. The lowest BCUT2D eigenvalue weighted by molar-refractivity contribution is 0.346. The Labute approximate surface area is 131 Å². The predicted octanol–water partition coefficient (Wildman–Crippen LogP) is 2.09. The molecule has 1 aromatic heterocycles. The molecule has 1 N–H and O–H groups in total. The van der Waals surface area contributed by atoms with Crippen LogP contribution in [0, 0.1) is 0 Å². The molecule has 1 heterocycles. The third kappa shape index (κ3) is 3.92. The van der Waals surface area contributed by atoms with Gasteiger partial charge in [-0.15, -0.1) is 0 Å². The average molecular weight is 305 g/mol. The van der Waals surface area contributed by atoms with E-state index < -0.39 is 0 Å². The highest BCUT2D eigenvalue weighted by Crippen LogP contribution is 2.34. The van der Waals surface area contributed by atoms with Gasteiger partial charge in [0.1, 0.15) is 5.75 Å². The summed E-state index contributed by atoms with van der Waals surface area (Å²) in [5.74, 6) is 2.14. The van der Waals surface area contributed by atoms with Gasteiger partial charge in [-0.1, -0.05) is 0 Å². The van der Waals surface area contributed by atoms with Crippen LogP contribution in [0.2, 0.25) is 0 Å². The summed E-state index contributed by atoms with van der Waals surface area (Å²) in [4.78, 5) is 4.05. The van der Waals surface area contributed by atoms with Gasteiger partial charge >= 0.3 is 0 Å². The van der Waals surface area contributed by atoms with Crippen molar-refractivity contribution in [3.05, 3.63) is 36.4 Å². The summed E-state index contributed by atoms with van der Waals surface area (Å²) < 4.78 is 18.1. The van der Waals surface area contributed by atoms with E-state index in [-0.39, 0.29) is 0 Å². The first kappa shape index (κ1) is 16.2. The van der Waals surface area contributed by atoms with Crippen molar-refractivity contribution >= 4 is 0 Å². The molecule has 0 saturated heterocycles. The summed E-state index contributed by atoms with van der Waals surface area (Å²) in [6.45, 7) is 3.67. The van der Waals surface area contributed by atoms with E-state index in [1.807, 2.05) is 29.2 Å². The van der Waals surface area contributed by atoms with Gasteiger partial charge in [-0.2, -0.15) is 0 Å². The molecular weight excluding hydrogens is 282 g/mol. The van der Waals surface area contributed by atoms with Crippen molar-refractivity contribution in [2.75, 3.05) is 21.3 Å². The molecule has 2 rings (SSSR count). The number of hydrogen-bond donors (Lipinski definition) is 1. The van der Waals surface area contributed by atoms with Crippen LogP contribution in [0.15, 0.2) is 30.9 Å². The largest absolute Gasteiger partial charge is 0.496 e. The molecule has 0 fully saturated rings. The normalized spacial score (nSPS) is 12.0. The highest BCUT2D eigenvalue weighted by Gasteiger charge is 2.12. The molecule has 120 valence electrons. The molecule has 0 aliphatic rings. The standard InChI is InChI=1S/C16H23N3O3/c1-12(10-19-6-5-17-11-19)18-9-13-7-15(21-3)16(22-4)8-14(13)20-2/h5-8,11-12,18H,9-10H2,1-4H3. The van der Waals surface area contributed by atoms with Gasteiger partial charge in [0.25, 0.3) is 0 Å². The van der Waals surface area contributed by atoms with Gasteiger partial charge in [-0.3, -0.25) is 0 Å². The fourth-order valence-electron chi connectivity index (χ4n) is 2.29. The van der Waals surface area contributed by atoms with Gasteiger partial charge in [-0.25, -0.2) is 4.98 Å². The molecule has 2 aromatic rings. The van der Waals surface area contributed by atoms with Crippen molar-refractivity contribution in [2.24, 2.45) is 0 Å². The molecule has 6 heteroatoms. The minimum absolute atomic E-state index is 0.298. The number of nitrogens with one attached hydrogen (secondary N) is 1. The smallest absolute Gasteiger partial charge is 0.164 e.